The lowest BCUT2D eigenvalue weighted by Gasteiger charge is -2.29. The van der Waals surface area contributed by atoms with Crippen LogP contribution in [0.25, 0.3) is 0 Å². The molecule has 14 amide bonds. The van der Waals surface area contributed by atoms with Crippen molar-refractivity contribution < 1.29 is 92.3 Å². The van der Waals surface area contributed by atoms with E-state index in [-0.39, 0.29) is 152 Å². The topological polar surface area (TPSA) is 750 Å². The number of thioether (sulfide) groups is 1. The minimum Gasteiger partial charge on any atom is -0.508 e. The van der Waals surface area contributed by atoms with Crippen molar-refractivity contribution in [2.45, 2.75) is 338 Å². The van der Waals surface area contributed by atoms with Crippen molar-refractivity contribution in [3.63, 3.8) is 0 Å². The number of aliphatic hydroxyl groups excluding tert-OH is 2. The van der Waals surface area contributed by atoms with Gasteiger partial charge in [-0.05, 0) is 177 Å². The normalized spacial score (nSPS) is 14.4. The predicted molar refractivity (Wildman–Crippen MR) is 509 cm³/mol. The van der Waals surface area contributed by atoms with Gasteiger partial charge in [-0.15, -0.1) is 0 Å². The van der Waals surface area contributed by atoms with E-state index < -0.39 is 192 Å². The van der Waals surface area contributed by atoms with Crippen molar-refractivity contribution in [1.82, 2.24) is 89.7 Å². The van der Waals surface area contributed by atoms with Crippen LogP contribution in [0.3, 0.4) is 0 Å². The Morgan fingerprint density at radius 2 is 0.769 bits per heavy atom. The zero-order valence-electron chi connectivity index (χ0n) is 79.2. The number of unbranched alkanes of at least 4 members (excludes halogenated alkanes) is 15. The Labute approximate surface area is 790 Å². The minimum absolute atomic E-state index is 0.00220. The molecule has 0 bridgehead atoms. The van der Waals surface area contributed by atoms with Crippen LogP contribution in [0, 0.1) is 22.7 Å². The van der Waals surface area contributed by atoms with Gasteiger partial charge in [0.25, 0.3) is 0 Å². The average Bonchev–Trinajstić information content (AvgIpc) is 0.943. The van der Waals surface area contributed by atoms with Crippen LogP contribution in [0.4, 0.5) is 0 Å². The first-order chi connectivity index (χ1) is 63.8. The van der Waals surface area contributed by atoms with E-state index in [0.29, 0.717) is 49.9 Å². The molecule has 0 aliphatic carbocycles. The number of aliphatic carboxylic acids is 1. The molecule has 0 spiro atoms. The molecule has 1 aromatic carbocycles. The van der Waals surface area contributed by atoms with E-state index in [0.717, 1.165) is 32.6 Å². The van der Waals surface area contributed by atoms with E-state index in [9.17, 15) is 92.3 Å². The number of primary amides is 1. The Morgan fingerprint density at radius 1 is 0.418 bits per heavy atom. The standard InChI is InChI=1S/C89H157N25O19S/c1-8-9-10-11-12-13-14-15-16-17-18-19-20-34-72(118)102-60(29-21-24-40-90)76(122)103-61(30-22-25-41-91)77(123)109-67(46-54(2)3)82(128)105-64(33-28-44-100-89(96)97)80(126)113-71(52-115)86(132)107-65(39-45-134-7)81(127)114-74(56(6)116)87(133)112-70(50-73(119)120)85(131)104-62(31-23-26-42-92)78(124)111-69(48-57-35-37-59(117)38-36-57)84(130)106-63(32-27-43-99-88(94)95)79(125)110-68(47-55(4)5)83(129)108-66(75(93)121)49-58-51-98-53-101-58/h35-38,51,53-56,60-71,74,115-117H,8-34,39-50,52,90-92H2,1-7H3,(H2,93,121)(H,98,101)(H,102,118)(H,103,122)(H,104,131)(H,105,128)(H,106,130)(H,107,132)(H,108,129)(H,109,123)(H,110,125)(H,111,124)(H,112,133)(H,113,126)(H,114,127)(H,119,120)(H4,94,95,99)(H4,96,97,100)/t56-,60+,61+,62+,63-,64+,65+,66+,67+,68+,69+,70+,71+,74+/m1/s1. The third kappa shape index (κ3) is 51.4. The second-order valence-corrected chi connectivity index (χ2v) is 35.7. The number of carboxylic acids is 1. The first kappa shape index (κ1) is 119. The molecular formula is C89H157N25O19S. The summed E-state index contributed by atoms with van der Waals surface area (Å²) in [5.74, 6) is -16.4. The summed E-state index contributed by atoms with van der Waals surface area (Å²) in [4.78, 5) is 219. The maximum Gasteiger partial charge on any atom is 0.305 e. The van der Waals surface area contributed by atoms with Crippen LogP contribution in [-0.4, -0.2) is 267 Å². The van der Waals surface area contributed by atoms with Gasteiger partial charge in [0.2, 0.25) is 82.7 Å². The second kappa shape index (κ2) is 68.9. The number of carbonyl (C=O) groups excluding carboxylic acids is 14. The number of nitrogens with two attached hydrogens (primary N) is 6. The molecule has 0 aliphatic heterocycles. The highest BCUT2D eigenvalue weighted by molar-refractivity contribution is 7.98. The first-order valence-corrected chi connectivity index (χ1v) is 48.5. The van der Waals surface area contributed by atoms with Gasteiger partial charge in [-0.3, -0.25) is 82.7 Å². The fourth-order valence-corrected chi connectivity index (χ4v) is 15.0. The Hall–Kier alpha value is -11.0. The lowest BCUT2D eigenvalue weighted by molar-refractivity contribution is -0.142. The Kier molecular flexibility index (Phi) is 61.2. The summed E-state index contributed by atoms with van der Waals surface area (Å²) in [7, 11) is 0. The third-order valence-corrected chi connectivity index (χ3v) is 22.6. The minimum atomic E-state index is -2.10. The number of nitrogens with one attached hydrogen (secondary N) is 18. The molecule has 0 unspecified atom stereocenters. The molecule has 2 rings (SSSR count). The molecule has 2 aromatic rings. The fraction of sp³-hybridized carbons (Fsp3) is 0.708. The largest absolute Gasteiger partial charge is 0.508 e. The van der Waals surface area contributed by atoms with Gasteiger partial charge in [-0.1, -0.05) is 124 Å². The lowest BCUT2D eigenvalue weighted by Crippen LogP contribution is -2.62. The number of phenols is 1. The number of benzene rings is 1. The maximum atomic E-state index is 14.8. The molecule has 44 nitrogen and oxygen atoms in total. The van der Waals surface area contributed by atoms with Gasteiger partial charge >= 0.3 is 5.97 Å². The molecule has 1 heterocycles. The van der Waals surface area contributed by atoms with E-state index in [1.807, 2.05) is 0 Å². The molecule has 0 aliphatic rings. The molecule has 1 aromatic heterocycles. The lowest BCUT2D eigenvalue weighted by atomic mass is 10.0. The summed E-state index contributed by atoms with van der Waals surface area (Å²) in [6, 6.07) is -14.8. The van der Waals surface area contributed by atoms with Crippen LogP contribution >= 0.6 is 11.8 Å². The number of hydrogen-bond donors (Lipinski definition) is 28. The Morgan fingerprint density at radius 3 is 1.15 bits per heavy atom. The number of rotatable bonds is 75. The first-order valence-electron chi connectivity index (χ1n) is 47.1. The van der Waals surface area contributed by atoms with Crippen LogP contribution in [0.2, 0.25) is 0 Å². The van der Waals surface area contributed by atoms with Gasteiger partial charge < -0.3 is 140 Å². The summed E-state index contributed by atoms with van der Waals surface area (Å²) in [5.41, 5.74) is 35.0. The quantitative estimate of drug-likeness (QED) is 0.0210. The van der Waals surface area contributed by atoms with Crippen LogP contribution in [-0.2, 0) is 84.8 Å². The van der Waals surface area contributed by atoms with Crippen molar-refractivity contribution in [3.8, 4) is 5.75 Å². The number of aromatic amines is 1. The van der Waals surface area contributed by atoms with E-state index in [1.165, 1.54) is 99.9 Å². The number of aromatic nitrogens is 2. The van der Waals surface area contributed by atoms with Crippen LogP contribution in [0.15, 0.2) is 36.8 Å². The smallest absolute Gasteiger partial charge is 0.305 e. The van der Waals surface area contributed by atoms with Crippen molar-refractivity contribution >= 4 is 112 Å². The summed E-state index contributed by atoms with van der Waals surface area (Å²) in [6.07, 6.45) is 17.7. The van der Waals surface area contributed by atoms with Crippen molar-refractivity contribution in [1.29, 1.82) is 10.8 Å². The molecule has 0 fully saturated rings. The summed E-state index contributed by atoms with van der Waals surface area (Å²) in [6.45, 7) is 9.93. The average molecular weight is 1910 g/mol. The molecule has 758 valence electrons. The Balaban J connectivity index is 2.51. The van der Waals surface area contributed by atoms with E-state index >= 15 is 0 Å². The highest BCUT2D eigenvalue weighted by Crippen LogP contribution is 2.19. The second-order valence-electron chi connectivity index (χ2n) is 34.7. The zero-order valence-corrected chi connectivity index (χ0v) is 80.0. The summed E-state index contributed by atoms with van der Waals surface area (Å²) >= 11 is 1.21. The molecule has 0 saturated heterocycles. The van der Waals surface area contributed by atoms with Crippen molar-refractivity contribution in [2.75, 3.05) is 51.3 Å². The Bertz CT molecular complexity index is 3910. The molecular weight excluding hydrogens is 1760 g/mol. The molecule has 134 heavy (non-hydrogen) atoms. The number of nitrogens with zero attached hydrogens (tertiary/aromatic N) is 1. The molecule has 14 atom stereocenters. The van der Waals surface area contributed by atoms with Gasteiger partial charge in [-0.25, -0.2) is 4.98 Å². The number of aromatic hydroxyl groups is 1. The molecule has 34 N–H and O–H groups in total. The number of amides is 14. The highest BCUT2D eigenvalue weighted by Gasteiger charge is 2.40. The van der Waals surface area contributed by atoms with Gasteiger partial charge in [0.05, 0.1) is 31.2 Å². The summed E-state index contributed by atoms with van der Waals surface area (Å²) < 4.78 is 0. The maximum absolute atomic E-state index is 14.8. The highest BCUT2D eigenvalue weighted by atomic mass is 32.2. The zero-order chi connectivity index (χ0) is 100. The number of hydrogen-bond acceptors (Lipinski definition) is 25. The number of carboxylic acid groups (broad SMARTS) is 1. The number of guanidine groups is 2. The SMILES string of the molecule is CCCCCCCCCCCCCCCC(=O)N[C@@H](CCCCN)C(=O)N[C@@H](CCCCN)C(=O)N[C@@H](CC(C)C)C(=O)N[C@@H](CCCNC(=N)N)C(=O)N[C@@H](CO)C(=O)N[C@@H](CCSC)C(=O)N[C@H](C(=O)N[C@@H](CC(=O)O)C(=O)N[C@@H](CCCCN)C(=O)N[C@@H](Cc1ccc(O)cc1)C(=O)N[C@H](CCCNC(=N)N)C(=O)N[C@@H](CC(C)C)C(=O)N[C@@H](Cc1c[nH]cn1)C(N)=O)[C@@H](C)O. The molecule has 45 heteroatoms. The van der Waals surface area contributed by atoms with Gasteiger partial charge in [0, 0.05) is 38.5 Å². The number of phenolic OH excluding ortho intramolecular Hbond substituents is 1. The monoisotopic (exact) mass is 1910 g/mol. The van der Waals surface area contributed by atoms with E-state index in [2.05, 4.69) is 96.6 Å². The van der Waals surface area contributed by atoms with Gasteiger partial charge in [0.1, 0.15) is 84.3 Å². The van der Waals surface area contributed by atoms with Crippen molar-refractivity contribution in [3.05, 3.63) is 48.0 Å². The third-order valence-electron chi connectivity index (χ3n) is 22.0. The molecule has 0 saturated carbocycles. The number of imidazole rings is 1. The van der Waals surface area contributed by atoms with Crippen LogP contribution < -0.4 is 114 Å². The number of carbonyl (C=O) groups is 15. The van der Waals surface area contributed by atoms with Crippen LogP contribution in [0.5, 0.6) is 5.75 Å². The van der Waals surface area contributed by atoms with Gasteiger partial charge in [-0.2, -0.15) is 11.8 Å². The van der Waals surface area contributed by atoms with Crippen LogP contribution in [0.1, 0.15) is 252 Å². The fourth-order valence-electron chi connectivity index (χ4n) is 14.5. The number of aliphatic hydroxyl groups is 2. The van der Waals surface area contributed by atoms with Crippen molar-refractivity contribution in [2.24, 2.45) is 46.2 Å². The van der Waals surface area contributed by atoms with E-state index in [1.54, 1.807) is 34.0 Å². The van der Waals surface area contributed by atoms with Gasteiger partial charge in [0.15, 0.2) is 11.9 Å². The predicted octanol–water partition coefficient (Wildman–Crippen LogP) is -1.22. The number of H-pyrrole nitrogens is 1. The molecule has 0 radical (unpaired) electrons. The summed E-state index contributed by atoms with van der Waals surface area (Å²) in [5, 5.41) is 96.4. The van der Waals surface area contributed by atoms with E-state index in [4.69, 9.17) is 45.2 Å².